The molecule has 0 bridgehead atoms. The van der Waals surface area contributed by atoms with Crippen LogP contribution >= 0.6 is 11.3 Å². The highest BCUT2D eigenvalue weighted by molar-refractivity contribution is 7.14. The van der Waals surface area contributed by atoms with Gasteiger partial charge < -0.3 is 4.90 Å². The fourth-order valence-corrected chi connectivity index (χ4v) is 4.12. The quantitative estimate of drug-likeness (QED) is 0.854. The monoisotopic (exact) mass is 401 g/mol. The van der Waals surface area contributed by atoms with E-state index in [1.165, 1.54) is 9.58 Å². The minimum absolute atomic E-state index is 0.289. The second-order valence-corrected chi connectivity index (χ2v) is 7.41. The highest BCUT2D eigenvalue weighted by atomic mass is 32.1. The second kappa shape index (κ2) is 7.29. The van der Waals surface area contributed by atoms with E-state index in [0.717, 1.165) is 11.3 Å². The number of rotatable bonds is 4. The number of alkyl halides is 3. The van der Waals surface area contributed by atoms with Crippen LogP contribution in [0.5, 0.6) is 0 Å². The van der Waals surface area contributed by atoms with E-state index >= 15 is 0 Å². The molecule has 0 aliphatic carbocycles. The van der Waals surface area contributed by atoms with Crippen molar-refractivity contribution in [2.24, 2.45) is 7.05 Å². The van der Waals surface area contributed by atoms with Gasteiger partial charge in [-0.1, -0.05) is 0 Å². The third-order valence-electron chi connectivity index (χ3n) is 4.20. The number of anilines is 1. The Bertz CT molecular complexity index is 861. The maximum atomic E-state index is 12.5. The van der Waals surface area contributed by atoms with Crippen LogP contribution in [0.25, 0.3) is 0 Å². The average molecular weight is 401 g/mol. The standard InChI is InChI=1S/C16H18F3N5O2S/c1-9-20-15(23(2)22-9)21-14(26)12-6-5-11(27-12)10-4-3-7-24(10)13(25)8-16(17,18)19/h5-6,10H,3-4,7-8H2,1-2H3,(H,20,21,22,26)/t10-/m0/s1. The van der Waals surface area contributed by atoms with Gasteiger partial charge in [0.15, 0.2) is 0 Å². The molecule has 146 valence electrons. The fraction of sp³-hybridized carbons (Fsp3) is 0.500. The summed E-state index contributed by atoms with van der Waals surface area (Å²) in [5, 5.41) is 6.69. The molecular weight excluding hydrogens is 383 g/mol. The summed E-state index contributed by atoms with van der Waals surface area (Å²) in [6.45, 7) is 1.99. The van der Waals surface area contributed by atoms with Crippen LogP contribution in [-0.2, 0) is 11.8 Å². The van der Waals surface area contributed by atoms with Gasteiger partial charge in [-0.05, 0) is 31.9 Å². The minimum Gasteiger partial charge on any atom is -0.335 e. The number of halogens is 3. The van der Waals surface area contributed by atoms with Gasteiger partial charge >= 0.3 is 6.18 Å². The van der Waals surface area contributed by atoms with Crippen molar-refractivity contribution >= 4 is 29.1 Å². The van der Waals surface area contributed by atoms with E-state index in [-0.39, 0.29) is 12.5 Å². The van der Waals surface area contributed by atoms with Gasteiger partial charge in [-0.3, -0.25) is 14.9 Å². The zero-order chi connectivity index (χ0) is 19.8. The van der Waals surface area contributed by atoms with Crippen LogP contribution in [0.3, 0.4) is 0 Å². The third-order valence-corrected chi connectivity index (χ3v) is 5.38. The van der Waals surface area contributed by atoms with Crippen molar-refractivity contribution < 1.29 is 22.8 Å². The summed E-state index contributed by atoms with van der Waals surface area (Å²) in [7, 11) is 1.65. The van der Waals surface area contributed by atoms with Gasteiger partial charge in [0.1, 0.15) is 12.2 Å². The van der Waals surface area contributed by atoms with Crippen molar-refractivity contribution in [1.29, 1.82) is 0 Å². The Morgan fingerprint density at radius 1 is 1.37 bits per heavy atom. The van der Waals surface area contributed by atoms with Gasteiger partial charge in [-0.25, -0.2) is 4.68 Å². The molecule has 0 aromatic carbocycles. The van der Waals surface area contributed by atoms with Gasteiger partial charge in [-0.15, -0.1) is 11.3 Å². The molecule has 0 unspecified atom stereocenters. The van der Waals surface area contributed by atoms with Gasteiger partial charge in [-0.2, -0.15) is 23.3 Å². The lowest BCUT2D eigenvalue weighted by atomic mass is 10.2. The van der Waals surface area contributed by atoms with Gasteiger partial charge in [0.05, 0.1) is 10.9 Å². The number of aryl methyl sites for hydroxylation is 2. The first-order chi connectivity index (χ1) is 12.6. The lowest BCUT2D eigenvalue weighted by Crippen LogP contribution is -2.33. The molecule has 1 aliphatic heterocycles. The Balaban J connectivity index is 1.71. The van der Waals surface area contributed by atoms with Crippen LogP contribution < -0.4 is 5.32 Å². The Kier molecular flexibility index (Phi) is 5.22. The predicted molar refractivity (Wildman–Crippen MR) is 92.4 cm³/mol. The Labute approximate surface area is 157 Å². The second-order valence-electron chi connectivity index (χ2n) is 6.30. The average Bonchev–Trinajstić information content (AvgIpc) is 3.25. The predicted octanol–water partition coefficient (Wildman–Crippen LogP) is 3.05. The van der Waals surface area contributed by atoms with E-state index < -0.39 is 24.5 Å². The zero-order valence-electron chi connectivity index (χ0n) is 14.7. The molecular formula is C16H18F3N5O2S. The summed E-state index contributed by atoms with van der Waals surface area (Å²) in [5.41, 5.74) is 0. The molecule has 2 aromatic rings. The smallest absolute Gasteiger partial charge is 0.335 e. The van der Waals surface area contributed by atoms with Crippen LogP contribution in [0, 0.1) is 6.92 Å². The molecule has 11 heteroatoms. The SMILES string of the molecule is Cc1nc(NC(=O)c2ccc([C@@H]3CCCN3C(=O)CC(F)(F)F)s2)n(C)n1. The zero-order valence-corrected chi connectivity index (χ0v) is 15.5. The lowest BCUT2D eigenvalue weighted by Gasteiger charge is -2.24. The summed E-state index contributed by atoms with van der Waals surface area (Å²) >= 11 is 1.16. The lowest BCUT2D eigenvalue weighted by molar-refractivity contribution is -0.162. The molecule has 27 heavy (non-hydrogen) atoms. The summed E-state index contributed by atoms with van der Waals surface area (Å²) in [6, 6.07) is 2.86. The molecule has 0 radical (unpaired) electrons. The first kappa shape index (κ1) is 19.3. The van der Waals surface area contributed by atoms with E-state index in [2.05, 4.69) is 15.4 Å². The van der Waals surface area contributed by atoms with Crippen molar-refractivity contribution in [2.45, 2.75) is 38.4 Å². The molecule has 3 rings (SSSR count). The number of hydrogen-bond donors (Lipinski definition) is 1. The molecule has 1 fully saturated rings. The maximum Gasteiger partial charge on any atom is 0.397 e. The van der Waals surface area contributed by atoms with E-state index in [0.29, 0.717) is 34.4 Å². The summed E-state index contributed by atoms with van der Waals surface area (Å²) in [5.74, 6) is -0.494. The number of carbonyl (C=O) groups is 2. The van der Waals surface area contributed by atoms with Crippen LogP contribution in [0.15, 0.2) is 12.1 Å². The van der Waals surface area contributed by atoms with Crippen LogP contribution in [0.2, 0.25) is 0 Å². The van der Waals surface area contributed by atoms with Crippen molar-refractivity contribution in [3.05, 3.63) is 27.7 Å². The van der Waals surface area contributed by atoms with E-state index in [4.69, 9.17) is 0 Å². The minimum atomic E-state index is -4.53. The Hall–Kier alpha value is -2.43. The highest BCUT2D eigenvalue weighted by Crippen LogP contribution is 2.37. The number of aromatic nitrogens is 3. The van der Waals surface area contributed by atoms with Crippen LogP contribution in [-0.4, -0.2) is 44.2 Å². The molecule has 0 spiro atoms. The molecule has 7 nitrogen and oxygen atoms in total. The van der Waals surface area contributed by atoms with Crippen molar-refractivity contribution in [3.63, 3.8) is 0 Å². The number of hydrogen-bond acceptors (Lipinski definition) is 5. The van der Waals surface area contributed by atoms with Crippen LogP contribution in [0.4, 0.5) is 19.1 Å². The van der Waals surface area contributed by atoms with Crippen molar-refractivity contribution in [3.8, 4) is 0 Å². The third kappa shape index (κ3) is 4.46. The number of nitrogens with one attached hydrogen (secondary N) is 1. The van der Waals surface area contributed by atoms with Gasteiger partial charge in [0.25, 0.3) is 5.91 Å². The maximum absolute atomic E-state index is 12.5. The van der Waals surface area contributed by atoms with Crippen LogP contribution in [0.1, 0.15) is 45.7 Å². The summed E-state index contributed by atoms with van der Waals surface area (Å²) in [6.07, 6.45) is -4.79. The Morgan fingerprint density at radius 3 is 2.74 bits per heavy atom. The molecule has 1 N–H and O–H groups in total. The number of likely N-dealkylation sites (tertiary alicyclic amines) is 1. The highest BCUT2D eigenvalue weighted by Gasteiger charge is 2.38. The first-order valence-electron chi connectivity index (χ1n) is 8.29. The summed E-state index contributed by atoms with van der Waals surface area (Å²) in [4.78, 5) is 30.8. The Morgan fingerprint density at radius 2 is 2.11 bits per heavy atom. The summed E-state index contributed by atoms with van der Waals surface area (Å²) < 4.78 is 39.0. The molecule has 3 heterocycles. The van der Waals surface area contributed by atoms with Gasteiger partial charge in [0, 0.05) is 18.5 Å². The topological polar surface area (TPSA) is 80.1 Å². The van der Waals surface area contributed by atoms with Gasteiger partial charge in [0.2, 0.25) is 11.9 Å². The molecule has 1 atom stereocenters. The van der Waals surface area contributed by atoms with E-state index in [9.17, 15) is 22.8 Å². The number of amides is 2. The first-order valence-corrected chi connectivity index (χ1v) is 9.10. The molecule has 1 saturated heterocycles. The normalized spacial score (nSPS) is 17.4. The number of thiophene rings is 1. The molecule has 2 amide bonds. The van der Waals surface area contributed by atoms with Crippen molar-refractivity contribution in [1.82, 2.24) is 19.7 Å². The molecule has 1 aliphatic rings. The van der Waals surface area contributed by atoms with E-state index in [1.807, 2.05) is 0 Å². The molecule has 2 aromatic heterocycles. The molecule has 0 saturated carbocycles. The van der Waals surface area contributed by atoms with E-state index in [1.54, 1.807) is 26.1 Å². The fourth-order valence-electron chi connectivity index (χ4n) is 3.07. The number of nitrogens with zero attached hydrogens (tertiary/aromatic N) is 4. The largest absolute Gasteiger partial charge is 0.397 e. The van der Waals surface area contributed by atoms with Crippen molar-refractivity contribution in [2.75, 3.05) is 11.9 Å². The number of carbonyl (C=O) groups excluding carboxylic acids is 2.